The van der Waals surface area contributed by atoms with Gasteiger partial charge in [0.15, 0.2) is 0 Å². The van der Waals surface area contributed by atoms with E-state index in [1.54, 1.807) is 11.3 Å². The van der Waals surface area contributed by atoms with Crippen molar-refractivity contribution in [2.75, 3.05) is 0 Å². The summed E-state index contributed by atoms with van der Waals surface area (Å²) < 4.78 is 1.29. The molecule has 0 N–H and O–H groups in total. The molecule has 2 rings (SSSR count). The van der Waals surface area contributed by atoms with Crippen molar-refractivity contribution in [1.29, 1.82) is 0 Å². The first-order valence-corrected chi connectivity index (χ1v) is 6.96. The van der Waals surface area contributed by atoms with Crippen molar-refractivity contribution in [3.63, 3.8) is 0 Å². The first kappa shape index (κ1) is 12.6. The van der Waals surface area contributed by atoms with E-state index in [1.165, 1.54) is 21.3 Å². The molecule has 0 aliphatic heterocycles. The second-order valence-corrected chi connectivity index (χ2v) is 7.63. The van der Waals surface area contributed by atoms with Crippen LogP contribution in [0.15, 0.2) is 17.6 Å². The van der Waals surface area contributed by atoms with Gasteiger partial charge in [0, 0.05) is 17.3 Å². The molecular weight excluding hydrogens is 226 g/mol. The van der Waals surface area contributed by atoms with Crippen LogP contribution in [0, 0.1) is 0 Å². The second kappa shape index (κ2) is 3.81. The van der Waals surface area contributed by atoms with Crippen LogP contribution in [0.25, 0.3) is 10.1 Å². The molecule has 1 nitrogen and oxygen atoms in total. The van der Waals surface area contributed by atoms with E-state index in [4.69, 9.17) is 0 Å². The predicted octanol–water partition coefficient (Wildman–Crippen LogP) is 4.89. The molecule has 0 fully saturated rings. The topological polar surface area (TPSA) is 12.9 Å². The van der Waals surface area contributed by atoms with E-state index >= 15 is 0 Å². The molecule has 0 radical (unpaired) electrons. The summed E-state index contributed by atoms with van der Waals surface area (Å²) in [5, 5.41) is 3.65. The second-order valence-electron chi connectivity index (χ2n) is 6.72. The van der Waals surface area contributed by atoms with Gasteiger partial charge in [-0.15, -0.1) is 11.3 Å². The maximum Gasteiger partial charge on any atom is 0.0529 e. The lowest BCUT2D eigenvalue weighted by molar-refractivity contribution is 0.569. The zero-order valence-electron chi connectivity index (χ0n) is 11.6. The first-order chi connectivity index (χ1) is 7.69. The Kier molecular flexibility index (Phi) is 2.81. The predicted molar refractivity (Wildman–Crippen MR) is 77.0 cm³/mol. The highest BCUT2D eigenvalue weighted by atomic mass is 32.1. The Morgan fingerprint density at radius 3 is 2.18 bits per heavy atom. The van der Waals surface area contributed by atoms with E-state index < -0.39 is 0 Å². The molecule has 2 aromatic rings. The van der Waals surface area contributed by atoms with Gasteiger partial charge < -0.3 is 0 Å². The molecule has 0 spiro atoms. The summed E-state index contributed by atoms with van der Waals surface area (Å²) in [7, 11) is 0. The highest BCUT2D eigenvalue weighted by Crippen LogP contribution is 2.36. The molecular formula is C15H21NS. The summed E-state index contributed by atoms with van der Waals surface area (Å²) in [5.41, 5.74) is 2.93. The van der Waals surface area contributed by atoms with Crippen LogP contribution in [-0.4, -0.2) is 4.98 Å². The Bertz CT molecular complexity index is 538. The largest absolute Gasteiger partial charge is 0.259 e. The first-order valence-electron chi connectivity index (χ1n) is 6.08. The quantitative estimate of drug-likeness (QED) is 0.646. The Balaban J connectivity index is 2.67. The lowest BCUT2D eigenvalue weighted by Gasteiger charge is -2.20. The molecule has 0 aromatic carbocycles. The fourth-order valence-electron chi connectivity index (χ4n) is 1.92. The van der Waals surface area contributed by atoms with E-state index in [1.807, 2.05) is 6.20 Å². The van der Waals surface area contributed by atoms with Crippen molar-refractivity contribution >= 4 is 21.4 Å². The molecule has 0 unspecified atom stereocenters. The molecule has 2 aromatic heterocycles. The number of fused-ring (bicyclic) bond motifs is 1. The van der Waals surface area contributed by atoms with E-state index in [0.717, 1.165) is 0 Å². The average Bonchev–Trinajstić information content (AvgIpc) is 2.57. The Labute approximate surface area is 108 Å². The minimum Gasteiger partial charge on any atom is -0.259 e. The highest BCUT2D eigenvalue weighted by molar-refractivity contribution is 7.17. The number of hydrogen-bond acceptors (Lipinski definition) is 2. The number of hydrogen-bond donors (Lipinski definition) is 0. The van der Waals surface area contributed by atoms with Crippen molar-refractivity contribution in [2.24, 2.45) is 0 Å². The van der Waals surface area contributed by atoms with Crippen LogP contribution in [0.4, 0.5) is 0 Å². The fourth-order valence-corrected chi connectivity index (χ4v) is 3.06. The SMILES string of the molecule is CC(C)(C)c1cc2c(C(C)(C)C)csc2cn1. The van der Waals surface area contributed by atoms with Crippen molar-refractivity contribution in [1.82, 2.24) is 4.98 Å². The van der Waals surface area contributed by atoms with E-state index in [0.29, 0.717) is 0 Å². The minimum absolute atomic E-state index is 0.116. The fraction of sp³-hybridized carbons (Fsp3) is 0.533. The molecule has 0 atom stereocenters. The van der Waals surface area contributed by atoms with Crippen molar-refractivity contribution < 1.29 is 0 Å². The van der Waals surface area contributed by atoms with E-state index in [9.17, 15) is 0 Å². The number of rotatable bonds is 0. The average molecular weight is 247 g/mol. The smallest absolute Gasteiger partial charge is 0.0529 e. The summed E-state index contributed by atoms with van der Waals surface area (Å²) in [6.45, 7) is 13.4. The van der Waals surface area contributed by atoms with Gasteiger partial charge in [-0.25, -0.2) is 0 Å². The lowest BCUT2D eigenvalue weighted by Crippen LogP contribution is -2.14. The van der Waals surface area contributed by atoms with Gasteiger partial charge >= 0.3 is 0 Å². The summed E-state index contributed by atoms with van der Waals surface area (Å²) >= 11 is 1.80. The van der Waals surface area contributed by atoms with Gasteiger partial charge in [0.25, 0.3) is 0 Å². The van der Waals surface area contributed by atoms with Gasteiger partial charge in [-0.2, -0.15) is 0 Å². The summed E-state index contributed by atoms with van der Waals surface area (Å²) in [4.78, 5) is 4.58. The molecule has 0 saturated heterocycles. The minimum atomic E-state index is 0.116. The van der Waals surface area contributed by atoms with Crippen LogP contribution in [0.2, 0.25) is 0 Å². The monoisotopic (exact) mass is 247 g/mol. The standard InChI is InChI=1S/C15H21NS/c1-14(2,3)11-9-17-12-8-16-13(7-10(11)12)15(4,5)6/h7-9H,1-6H3. The van der Waals surface area contributed by atoms with E-state index in [2.05, 4.69) is 58.0 Å². The highest BCUT2D eigenvalue weighted by Gasteiger charge is 2.21. The van der Waals surface area contributed by atoms with Crippen molar-refractivity contribution in [2.45, 2.75) is 52.4 Å². The van der Waals surface area contributed by atoms with Gasteiger partial charge in [-0.1, -0.05) is 41.5 Å². The molecule has 0 saturated carbocycles. The van der Waals surface area contributed by atoms with Gasteiger partial charge in [0.1, 0.15) is 0 Å². The summed E-state index contributed by atoms with van der Waals surface area (Å²) in [6, 6.07) is 2.27. The van der Waals surface area contributed by atoms with Crippen LogP contribution >= 0.6 is 11.3 Å². The molecule has 17 heavy (non-hydrogen) atoms. The van der Waals surface area contributed by atoms with Crippen molar-refractivity contribution in [3.05, 3.63) is 28.9 Å². The van der Waals surface area contributed by atoms with Gasteiger partial charge in [0.05, 0.1) is 4.70 Å². The molecule has 92 valence electrons. The van der Waals surface area contributed by atoms with Crippen LogP contribution in [-0.2, 0) is 10.8 Å². The molecule has 2 heterocycles. The molecule has 0 aliphatic rings. The number of aromatic nitrogens is 1. The molecule has 0 aliphatic carbocycles. The lowest BCUT2D eigenvalue weighted by atomic mass is 9.85. The van der Waals surface area contributed by atoms with Crippen LogP contribution in [0.1, 0.15) is 52.8 Å². The zero-order chi connectivity index (χ0) is 12.8. The van der Waals surface area contributed by atoms with Gasteiger partial charge in [-0.3, -0.25) is 4.98 Å². The number of nitrogens with zero attached hydrogens (tertiary/aromatic N) is 1. The molecule has 0 amide bonds. The third-order valence-corrected chi connectivity index (χ3v) is 3.97. The number of pyridine rings is 1. The van der Waals surface area contributed by atoms with Crippen molar-refractivity contribution in [3.8, 4) is 0 Å². The van der Waals surface area contributed by atoms with Crippen LogP contribution < -0.4 is 0 Å². The Morgan fingerprint density at radius 2 is 1.65 bits per heavy atom. The Morgan fingerprint density at radius 1 is 1.00 bits per heavy atom. The van der Waals surface area contributed by atoms with E-state index in [-0.39, 0.29) is 10.8 Å². The zero-order valence-corrected chi connectivity index (χ0v) is 12.4. The molecule has 0 bridgehead atoms. The normalized spacial score (nSPS) is 13.3. The van der Waals surface area contributed by atoms with Gasteiger partial charge in [0.2, 0.25) is 0 Å². The maximum atomic E-state index is 4.58. The third kappa shape index (κ3) is 2.37. The maximum absolute atomic E-state index is 4.58. The van der Waals surface area contributed by atoms with Gasteiger partial charge in [-0.05, 0) is 27.8 Å². The number of thiophene rings is 1. The third-order valence-electron chi connectivity index (χ3n) is 3.04. The molecule has 2 heteroatoms. The Hall–Kier alpha value is -0.890. The van der Waals surface area contributed by atoms with Crippen LogP contribution in [0.5, 0.6) is 0 Å². The van der Waals surface area contributed by atoms with Crippen LogP contribution in [0.3, 0.4) is 0 Å². The summed E-state index contributed by atoms with van der Waals surface area (Å²) in [5.74, 6) is 0. The summed E-state index contributed by atoms with van der Waals surface area (Å²) in [6.07, 6.45) is 2.02.